The lowest BCUT2D eigenvalue weighted by Gasteiger charge is -2.19. The number of anilines is 2. The van der Waals surface area contributed by atoms with Crippen molar-refractivity contribution in [3.8, 4) is 0 Å². The van der Waals surface area contributed by atoms with Crippen molar-refractivity contribution in [2.24, 2.45) is 0 Å². The largest absolute Gasteiger partial charge is 0.478 e. The second-order valence-electron chi connectivity index (χ2n) is 4.03. The van der Waals surface area contributed by atoms with Crippen LogP contribution in [0.15, 0.2) is 18.2 Å². The van der Waals surface area contributed by atoms with E-state index >= 15 is 0 Å². The number of carboxylic acids is 1. The second kappa shape index (κ2) is 6.63. The average molecular weight is 265 g/mol. The molecule has 0 saturated heterocycles. The molecule has 0 fully saturated rings. The third-order valence-corrected chi connectivity index (χ3v) is 2.84. The van der Waals surface area contributed by atoms with Gasteiger partial charge in [-0.15, -0.1) is 0 Å². The molecular formula is C13H19N3O3. The highest BCUT2D eigenvalue weighted by molar-refractivity contribution is 5.94. The minimum atomic E-state index is -1.07. The van der Waals surface area contributed by atoms with Crippen LogP contribution in [0, 0.1) is 0 Å². The third-order valence-electron chi connectivity index (χ3n) is 2.84. The van der Waals surface area contributed by atoms with Crippen LogP contribution in [0.4, 0.5) is 11.4 Å². The Morgan fingerprint density at radius 1 is 1.32 bits per heavy atom. The lowest BCUT2D eigenvalue weighted by atomic mass is 10.1. The number of carboxylic acid groups (broad SMARTS) is 1. The molecule has 0 aliphatic rings. The predicted octanol–water partition coefficient (Wildman–Crippen LogP) is 1.25. The molecule has 104 valence electrons. The van der Waals surface area contributed by atoms with Gasteiger partial charge >= 0.3 is 5.97 Å². The molecular weight excluding hydrogens is 246 g/mol. The zero-order valence-electron chi connectivity index (χ0n) is 11.1. The molecule has 1 amide bonds. The Hall–Kier alpha value is -2.24. The smallest absolute Gasteiger partial charge is 0.337 e. The van der Waals surface area contributed by atoms with E-state index in [-0.39, 0.29) is 23.7 Å². The molecule has 1 aromatic rings. The predicted molar refractivity (Wildman–Crippen MR) is 74.2 cm³/mol. The molecule has 6 heteroatoms. The number of rotatable bonds is 6. The topological polar surface area (TPSA) is 95.7 Å². The first kappa shape index (κ1) is 14.8. The number of likely N-dealkylation sites (N-methyl/N-ethyl adjacent to an activating group) is 1. The summed E-state index contributed by atoms with van der Waals surface area (Å²) >= 11 is 0. The highest BCUT2D eigenvalue weighted by atomic mass is 16.4. The number of carbonyl (C=O) groups is 2. The first-order valence-corrected chi connectivity index (χ1v) is 6.14. The molecule has 4 N–H and O–H groups in total. The van der Waals surface area contributed by atoms with Crippen molar-refractivity contribution in [3.63, 3.8) is 0 Å². The Morgan fingerprint density at radius 2 is 1.95 bits per heavy atom. The van der Waals surface area contributed by atoms with E-state index in [1.54, 1.807) is 11.0 Å². The maximum absolute atomic E-state index is 11.8. The zero-order valence-corrected chi connectivity index (χ0v) is 11.1. The lowest BCUT2D eigenvalue weighted by Crippen LogP contribution is -2.35. The molecule has 1 aromatic carbocycles. The summed E-state index contributed by atoms with van der Waals surface area (Å²) in [4.78, 5) is 24.3. The van der Waals surface area contributed by atoms with Crippen molar-refractivity contribution in [2.75, 3.05) is 30.7 Å². The van der Waals surface area contributed by atoms with Crippen LogP contribution in [-0.4, -0.2) is 41.5 Å². The van der Waals surface area contributed by atoms with Gasteiger partial charge < -0.3 is 21.1 Å². The molecule has 19 heavy (non-hydrogen) atoms. The van der Waals surface area contributed by atoms with Gasteiger partial charge in [0.2, 0.25) is 5.91 Å². The van der Waals surface area contributed by atoms with Gasteiger partial charge in [-0.05, 0) is 32.0 Å². The molecule has 0 atom stereocenters. The van der Waals surface area contributed by atoms with Crippen molar-refractivity contribution in [2.45, 2.75) is 13.8 Å². The van der Waals surface area contributed by atoms with Crippen LogP contribution in [0.2, 0.25) is 0 Å². The summed E-state index contributed by atoms with van der Waals surface area (Å²) in [6, 6.07) is 4.52. The van der Waals surface area contributed by atoms with Crippen molar-refractivity contribution in [1.82, 2.24) is 4.90 Å². The second-order valence-corrected chi connectivity index (χ2v) is 4.03. The van der Waals surface area contributed by atoms with Gasteiger partial charge in [-0.2, -0.15) is 0 Å². The minimum Gasteiger partial charge on any atom is -0.478 e. The Morgan fingerprint density at radius 3 is 2.42 bits per heavy atom. The van der Waals surface area contributed by atoms with E-state index < -0.39 is 5.97 Å². The first-order chi connectivity index (χ1) is 8.99. The van der Waals surface area contributed by atoms with Gasteiger partial charge in [0.15, 0.2) is 0 Å². The quantitative estimate of drug-likeness (QED) is 0.673. The lowest BCUT2D eigenvalue weighted by molar-refractivity contribution is -0.128. The molecule has 0 heterocycles. The summed E-state index contributed by atoms with van der Waals surface area (Å²) in [6.07, 6.45) is 0. The Bertz CT molecular complexity index is 470. The third kappa shape index (κ3) is 3.87. The molecule has 0 saturated carbocycles. The summed E-state index contributed by atoms with van der Waals surface area (Å²) < 4.78 is 0. The van der Waals surface area contributed by atoms with Crippen LogP contribution in [0.3, 0.4) is 0 Å². The van der Waals surface area contributed by atoms with Gasteiger partial charge in [-0.25, -0.2) is 4.79 Å². The fraction of sp³-hybridized carbons (Fsp3) is 0.385. The first-order valence-electron chi connectivity index (χ1n) is 6.14. The molecule has 0 unspecified atom stereocenters. The summed E-state index contributed by atoms with van der Waals surface area (Å²) in [7, 11) is 0. The van der Waals surface area contributed by atoms with Crippen LogP contribution >= 0.6 is 0 Å². The summed E-state index contributed by atoms with van der Waals surface area (Å²) in [5.74, 6) is -1.07. The van der Waals surface area contributed by atoms with Crippen molar-refractivity contribution >= 4 is 23.3 Å². The van der Waals surface area contributed by atoms with E-state index in [0.717, 1.165) is 0 Å². The SMILES string of the molecule is CCN(CC)C(=O)CNc1ccc(C(=O)O)c(N)c1. The molecule has 0 spiro atoms. The number of aromatic carboxylic acids is 1. The van der Waals surface area contributed by atoms with E-state index in [9.17, 15) is 9.59 Å². The van der Waals surface area contributed by atoms with Crippen LogP contribution in [0.5, 0.6) is 0 Å². The molecule has 1 rings (SSSR count). The summed E-state index contributed by atoms with van der Waals surface area (Å²) in [5, 5.41) is 11.8. The number of amides is 1. The van der Waals surface area contributed by atoms with E-state index in [1.807, 2.05) is 13.8 Å². The Balaban J connectivity index is 2.66. The number of benzene rings is 1. The number of hydrogen-bond acceptors (Lipinski definition) is 4. The highest BCUT2D eigenvalue weighted by Crippen LogP contribution is 2.17. The van der Waals surface area contributed by atoms with Gasteiger partial charge in [0, 0.05) is 24.5 Å². The van der Waals surface area contributed by atoms with Crippen LogP contribution in [0.1, 0.15) is 24.2 Å². The number of nitrogen functional groups attached to an aromatic ring is 1. The van der Waals surface area contributed by atoms with Crippen LogP contribution < -0.4 is 11.1 Å². The molecule has 0 aliphatic carbocycles. The maximum Gasteiger partial charge on any atom is 0.337 e. The fourth-order valence-electron chi connectivity index (χ4n) is 1.73. The average Bonchev–Trinajstić information content (AvgIpc) is 2.37. The van der Waals surface area contributed by atoms with Gasteiger partial charge in [0.1, 0.15) is 0 Å². The standard InChI is InChI=1S/C13H19N3O3/c1-3-16(4-2)12(17)8-15-9-5-6-10(13(18)19)11(14)7-9/h5-7,15H,3-4,8,14H2,1-2H3,(H,18,19). The highest BCUT2D eigenvalue weighted by Gasteiger charge is 2.11. The van der Waals surface area contributed by atoms with E-state index in [0.29, 0.717) is 18.8 Å². The maximum atomic E-state index is 11.8. The normalized spacial score (nSPS) is 10.0. The van der Waals surface area contributed by atoms with Crippen LogP contribution in [0.25, 0.3) is 0 Å². The van der Waals surface area contributed by atoms with Crippen molar-refractivity contribution in [3.05, 3.63) is 23.8 Å². The van der Waals surface area contributed by atoms with Gasteiger partial charge in [-0.3, -0.25) is 4.79 Å². The van der Waals surface area contributed by atoms with Crippen molar-refractivity contribution < 1.29 is 14.7 Å². The summed E-state index contributed by atoms with van der Waals surface area (Å²) in [6.45, 7) is 5.32. The number of carbonyl (C=O) groups excluding carboxylic acids is 1. The van der Waals surface area contributed by atoms with Crippen LogP contribution in [-0.2, 0) is 4.79 Å². The molecule has 6 nitrogen and oxygen atoms in total. The zero-order chi connectivity index (χ0) is 14.4. The van der Waals surface area contributed by atoms with Gasteiger partial charge in [-0.1, -0.05) is 0 Å². The van der Waals surface area contributed by atoms with Gasteiger partial charge in [0.25, 0.3) is 0 Å². The van der Waals surface area contributed by atoms with E-state index in [1.165, 1.54) is 12.1 Å². The number of nitrogens with zero attached hydrogens (tertiary/aromatic N) is 1. The minimum absolute atomic E-state index is 0.00844. The summed E-state index contributed by atoms with van der Waals surface area (Å²) in [5.41, 5.74) is 6.48. The van der Waals surface area contributed by atoms with E-state index in [2.05, 4.69) is 5.32 Å². The Kier molecular flexibility index (Phi) is 5.17. The molecule has 0 aliphatic heterocycles. The number of nitrogens with two attached hydrogens (primary N) is 1. The monoisotopic (exact) mass is 265 g/mol. The van der Waals surface area contributed by atoms with Crippen molar-refractivity contribution in [1.29, 1.82) is 0 Å². The van der Waals surface area contributed by atoms with E-state index in [4.69, 9.17) is 10.8 Å². The number of hydrogen-bond donors (Lipinski definition) is 3. The molecule has 0 radical (unpaired) electrons. The number of nitrogens with one attached hydrogen (secondary N) is 1. The molecule has 0 aromatic heterocycles. The van der Waals surface area contributed by atoms with Gasteiger partial charge in [0.05, 0.1) is 12.1 Å². The molecule has 0 bridgehead atoms. The Labute approximate surface area is 112 Å². The fourth-order valence-corrected chi connectivity index (χ4v) is 1.73.